The van der Waals surface area contributed by atoms with Gasteiger partial charge in [0.1, 0.15) is 16.9 Å². The van der Waals surface area contributed by atoms with Crippen LogP contribution in [0.2, 0.25) is 0 Å². The Bertz CT molecular complexity index is 600. The average molecular weight is 269 g/mol. The molecule has 0 saturated heterocycles. The monoisotopic (exact) mass is 268 g/mol. The van der Waals surface area contributed by atoms with E-state index in [0.717, 1.165) is 4.47 Å². The standard InChI is InChI=1S/C10H5BrO4/c11-5-1-2-8-6(3-5)9(13)7(4-12)10(14)15-8/h1-4,13H. The summed E-state index contributed by atoms with van der Waals surface area (Å²) in [6.07, 6.45) is 0.279. The molecule has 0 spiro atoms. The number of halogens is 1. The van der Waals surface area contributed by atoms with Crippen molar-refractivity contribution >= 4 is 33.2 Å². The maximum atomic E-state index is 11.2. The number of benzene rings is 1. The van der Waals surface area contributed by atoms with Crippen LogP contribution in [0.15, 0.2) is 31.9 Å². The second-order valence-corrected chi connectivity index (χ2v) is 3.83. The number of carbonyl (C=O) groups is 1. The van der Waals surface area contributed by atoms with Crippen molar-refractivity contribution in [1.29, 1.82) is 0 Å². The third kappa shape index (κ3) is 1.55. The predicted octanol–water partition coefficient (Wildman–Crippen LogP) is 2.07. The molecule has 0 unspecified atom stereocenters. The van der Waals surface area contributed by atoms with Crippen molar-refractivity contribution < 1.29 is 14.3 Å². The molecule has 5 heteroatoms. The van der Waals surface area contributed by atoms with Gasteiger partial charge in [-0.3, -0.25) is 4.79 Å². The van der Waals surface area contributed by atoms with E-state index >= 15 is 0 Å². The highest BCUT2D eigenvalue weighted by atomic mass is 79.9. The highest BCUT2D eigenvalue weighted by Gasteiger charge is 2.12. The zero-order valence-electron chi connectivity index (χ0n) is 7.36. The minimum atomic E-state index is -0.836. The molecule has 0 atom stereocenters. The normalized spacial score (nSPS) is 10.5. The Labute approximate surface area is 92.3 Å². The molecule has 0 aliphatic heterocycles. The summed E-state index contributed by atoms with van der Waals surface area (Å²) in [5.41, 5.74) is -0.954. The van der Waals surface area contributed by atoms with E-state index in [1.165, 1.54) is 6.07 Å². The highest BCUT2D eigenvalue weighted by Crippen LogP contribution is 2.27. The van der Waals surface area contributed by atoms with Crippen molar-refractivity contribution in [2.24, 2.45) is 0 Å². The van der Waals surface area contributed by atoms with E-state index in [4.69, 9.17) is 4.42 Å². The second-order valence-electron chi connectivity index (χ2n) is 2.91. The lowest BCUT2D eigenvalue weighted by Crippen LogP contribution is -2.06. The molecule has 15 heavy (non-hydrogen) atoms. The molecule has 0 aliphatic carbocycles. The van der Waals surface area contributed by atoms with Crippen LogP contribution >= 0.6 is 15.9 Å². The van der Waals surface area contributed by atoms with Crippen molar-refractivity contribution in [2.75, 3.05) is 0 Å². The summed E-state index contributed by atoms with van der Waals surface area (Å²) in [7, 11) is 0. The Morgan fingerprint density at radius 2 is 2.13 bits per heavy atom. The Morgan fingerprint density at radius 1 is 1.40 bits per heavy atom. The quantitative estimate of drug-likeness (QED) is 0.635. The Hall–Kier alpha value is -1.62. The minimum Gasteiger partial charge on any atom is -0.506 e. The lowest BCUT2D eigenvalue weighted by atomic mass is 10.1. The molecule has 0 saturated carbocycles. The number of carbonyl (C=O) groups excluding carboxylic acids is 1. The molecular formula is C10H5BrO4. The van der Waals surface area contributed by atoms with Gasteiger partial charge in [0.05, 0.1) is 5.39 Å². The smallest absolute Gasteiger partial charge is 0.350 e. The van der Waals surface area contributed by atoms with Gasteiger partial charge in [-0.25, -0.2) is 4.79 Å². The van der Waals surface area contributed by atoms with Gasteiger partial charge in [0.2, 0.25) is 0 Å². The predicted molar refractivity (Wildman–Crippen MR) is 57.2 cm³/mol. The summed E-state index contributed by atoms with van der Waals surface area (Å²) in [6, 6.07) is 4.78. The summed E-state index contributed by atoms with van der Waals surface area (Å²) in [5, 5.41) is 9.97. The largest absolute Gasteiger partial charge is 0.506 e. The van der Waals surface area contributed by atoms with Gasteiger partial charge < -0.3 is 9.52 Å². The van der Waals surface area contributed by atoms with Crippen molar-refractivity contribution in [3.05, 3.63) is 38.7 Å². The van der Waals surface area contributed by atoms with Crippen molar-refractivity contribution in [2.45, 2.75) is 0 Å². The maximum Gasteiger partial charge on any atom is 0.350 e. The van der Waals surface area contributed by atoms with Gasteiger partial charge >= 0.3 is 5.63 Å². The Balaban J connectivity index is 2.98. The summed E-state index contributed by atoms with van der Waals surface area (Å²) in [5.74, 6) is -0.349. The fraction of sp³-hybridized carbons (Fsp3) is 0. The summed E-state index contributed by atoms with van der Waals surface area (Å²) < 4.78 is 5.57. The summed E-state index contributed by atoms with van der Waals surface area (Å²) in [4.78, 5) is 21.7. The average Bonchev–Trinajstić information content (AvgIpc) is 2.20. The first kappa shape index (κ1) is 9.92. The molecule has 1 N–H and O–H groups in total. The number of hydrogen-bond donors (Lipinski definition) is 1. The molecule has 4 nitrogen and oxygen atoms in total. The molecule has 2 rings (SSSR count). The zero-order valence-corrected chi connectivity index (χ0v) is 8.95. The zero-order chi connectivity index (χ0) is 11.0. The molecule has 1 aromatic carbocycles. The second kappa shape index (κ2) is 3.51. The van der Waals surface area contributed by atoms with Crippen LogP contribution in [0.25, 0.3) is 11.0 Å². The van der Waals surface area contributed by atoms with Crippen LogP contribution in [-0.4, -0.2) is 11.4 Å². The van der Waals surface area contributed by atoms with Crippen molar-refractivity contribution in [3.63, 3.8) is 0 Å². The van der Waals surface area contributed by atoms with Gasteiger partial charge in [-0.15, -0.1) is 0 Å². The fourth-order valence-corrected chi connectivity index (χ4v) is 1.64. The number of aromatic hydroxyl groups is 1. The van der Waals surface area contributed by atoms with Gasteiger partial charge in [-0.2, -0.15) is 0 Å². The van der Waals surface area contributed by atoms with Crippen LogP contribution in [-0.2, 0) is 0 Å². The summed E-state index contributed by atoms with van der Waals surface area (Å²) in [6.45, 7) is 0. The molecule has 76 valence electrons. The molecule has 0 aliphatic rings. The van der Waals surface area contributed by atoms with E-state index in [9.17, 15) is 14.7 Å². The lowest BCUT2D eigenvalue weighted by Gasteiger charge is -2.01. The number of hydrogen-bond acceptors (Lipinski definition) is 4. The van der Waals surface area contributed by atoms with E-state index in [0.29, 0.717) is 5.39 Å². The summed E-state index contributed by atoms with van der Waals surface area (Å²) >= 11 is 3.21. The van der Waals surface area contributed by atoms with Crippen LogP contribution in [0, 0.1) is 0 Å². The molecular weight excluding hydrogens is 264 g/mol. The van der Waals surface area contributed by atoms with E-state index in [2.05, 4.69) is 15.9 Å². The van der Waals surface area contributed by atoms with Gasteiger partial charge in [-0.05, 0) is 18.2 Å². The Kier molecular flexibility index (Phi) is 2.32. The van der Waals surface area contributed by atoms with E-state index in [-0.39, 0.29) is 23.2 Å². The van der Waals surface area contributed by atoms with Crippen molar-refractivity contribution in [1.82, 2.24) is 0 Å². The van der Waals surface area contributed by atoms with Crippen LogP contribution in [0.4, 0.5) is 0 Å². The molecule has 0 bridgehead atoms. The topological polar surface area (TPSA) is 67.5 Å². The van der Waals surface area contributed by atoms with Crippen molar-refractivity contribution in [3.8, 4) is 5.75 Å². The molecule has 1 heterocycles. The van der Waals surface area contributed by atoms with Gasteiger partial charge in [0.25, 0.3) is 0 Å². The molecule has 0 amide bonds. The number of rotatable bonds is 1. The van der Waals surface area contributed by atoms with Crippen LogP contribution in [0.3, 0.4) is 0 Å². The number of aldehydes is 1. The SMILES string of the molecule is O=Cc1c(O)c2cc(Br)ccc2oc1=O. The van der Waals surface area contributed by atoms with E-state index < -0.39 is 5.63 Å². The maximum absolute atomic E-state index is 11.2. The van der Waals surface area contributed by atoms with Gasteiger partial charge in [0.15, 0.2) is 6.29 Å². The fourth-order valence-electron chi connectivity index (χ4n) is 1.28. The molecule has 0 fully saturated rings. The number of fused-ring (bicyclic) bond motifs is 1. The third-order valence-corrected chi connectivity index (χ3v) is 2.49. The van der Waals surface area contributed by atoms with Crippen LogP contribution in [0.1, 0.15) is 10.4 Å². The van der Waals surface area contributed by atoms with E-state index in [1.54, 1.807) is 12.1 Å². The van der Waals surface area contributed by atoms with Gasteiger partial charge in [0, 0.05) is 4.47 Å². The Morgan fingerprint density at radius 3 is 2.80 bits per heavy atom. The molecule has 0 radical (unpaired) electrons. The molecule has 1 aromatic heterocycles. The third-order valence-electron chi connectivity index (χ3n) is 1.99. The molecule has 2 aromatic rings. The van der Waals surface area contributed by atoms with Gasteiger partial charge in [-0.1, -0.05) is 15.9 Å². The van der Waals surface area contributed by atoms with Crippen LogP contribution in [0.5, 0.6) is 5.75 Å². The first-order valence-electron chi connectivity index (χ1n) is 4.04. The lowest BCUT2D eigenvalue weighted by molar-refractivity contribution is 0.111. The highest BCUT2D eigenvalue weighted by molar-refractivity contribution is 9.10. The minimum absolute atomic E-state index is 0.242. The first-order chi connectivity index (χ1) is 7.13. The first-order valence-corrected chi connectivity index (χ1v) is 4.83. The van der Waals surface area contributed by atoms with E-state index in [1.807, 2.05) is 0 Å². The van der Waals surface area contributed by atoms with Crippen LogP contribution < -0.4 is 5.63 Å².